The Balaban J connectivity index is 1.85. The van der Waals surface area contributed by atoms with Gasteiger partial charge in [0, 0.05) is 28.7 Å². The van der Waals surface area contributed by atoms with E-state index in [0.717, 1.165) is 16.5 Å². The highest BCUT2D eigenvalue weighted by molar-refractivity contribution is 6.30. The van der Waals surface area contributed by atoms with Gasteiger partial charge in [-0.1, -0.05) is 41.0 Å². The van der Waals surface area contributed by atoms with Gasteiger partial charge in [-0.05, 0) is 23.8 Å². The second-order valence-corrected chi connectivity index (χ2v) is 6.02. The Hall–Kier alpha value is -3.30. The molecule has 4 rings (SSSR count). The number of nitrogens with one attached hydrogen (secondary N) is 1. The summed E-state index contributed by atoms with van der Waals surface area (Å²) >= 11 is 6.06. The fourth-order valence-electron chi connectivity index (χ4n) is 2.85. The van der Waals surface area contributed by atoms with Crippen molar-refractivity contribution in [1.29, 1.82) is 5.26 Å². The number of H-pyrrole nitrogens is 1. The first kappa shape index (κ1) is 15.2. The van der Waals surface area contributed by atoms with E-state index in [9.17, 15) is 10.1 Å². The number of rotatable bonds is 3. The number of halogens is 1. The molecule has 0 bridgehead atoms. The summed E-state index contributed by atoms with van der Waals surface area (Å²) in [6.45, 7) is 0.567. The van der Waals surface area contributed by atoms with Crippen LogP contribution >= 0.6 is 11.6 Å². The fourth-order valence-corrected chi connectivity index (χ4v) is 3.06. The third-order valence-corrected chi connectivity index (χ3v) is 4.19. The SMILES string of the molecule is N#Cc1cn(Cc2cccc(Cl)c2)c2cc(-c3noc(=O)[nH]3)ccc12. The standard InChI is InChI=1S/C18H11ClN4O2/c19-14-3-1-2-11(6-14)9-23-10-13(8-20)15-5-4-12(7-16(15)23)17-21-18(24)25-22-17/h1-7,10H,9H2,(H,21,22,24). The number of aromatic nitrogens is 3. The van der Waals surface area contributed by atoms with E-state index in [1.807, 2.05) is 41.0 Å². The molecule has 2 aromatic carbocycles. The summed E-state index contributed by atoms with van der Waals surface area (Å²) in [6.07, 6.45) is 1.81. The molecule has 0 aliphatic heterocycles. The average molecular weight is 351 g/mol. The van der Waals surface area contributed by atoms with E-state index in [4.69, 9.17) is 11.6 Å². The summed E-state index contributed by atoms with van der Waals surface area (Å²) in [5.74, 6) is -0.261. The molecule has 0 aliphatic rings. The van der Waals surface area contributed by atoms with E-state index < -0.39 is 5.76 Å². The van der Waals surface area contributed by atoms with Gasteiger partial charge in [-0.3, -0.25) is 9.51 Å². The van der Waals surface area contributed by atoms with Gasteiger partial charge in [-0.15, -0.1) is 0 Å². The normalized spacial score (nSPS) is 10.9. The van der Waals surface area contributed by atoms with Gasteiger partial charge >= 0.3 is 5.76 Å². The second kappa shape index (κ2) is 5.96. The molecular weight excluding hydrogens is 340 g/mol. The molecule has 0 saturated carbocycles. The maximum atomic E-state index is 11.2. The molecule has 0 unspecified atom stereocenters. The fraction of sp³-hybridized carbons (Fsp3) is 0.0556. The van der Waals surface area contributed by atoms with Crippen LogP contribution in [-0.4, -0.2) is 14.7 Å². The first-order valence-corrected chi connectivity index (χ1v) is 7.85. The van der Waals surface area contributed by atoms with Crippen molar-refractivity contribution in [3.63, 3.8) is 0 Å². The van der Waals surface area contributed by atoms with E-state index >= 15 is 0 Å². The largest absolute Gasteiger partial charge is 0.439 e. The number of aromatic amines is 1. The van der Waals surface area contributed by atoms with Crippen molar-refractivity contribution in [2.75, 3.05) is 0 Å². The smallest absolute Gasteiger partial charge is 0.342 e. The van der Waals surface area contributed by atoms with Crippen molar-refractivity contribution in [3.05, 3.63) is 75.4 Å². The average Bonchev–Trinajstić information content (AvgIpc) is 3.18. The Morgan fingerprint density at radius 3 is 2.88 bits per heavy atom. The van der Waals surface area contributed by atoms with Crippen molar-refractivity contribution in [3.8, 4) is 17.5 Å². The Kier molecular flexibility index (Phi) is 3.64. The van der Waals surface area contributed by atoms with Crippen LogP contribution in [0, 0.1) is 11.3 Å². The van der Waals surface area contributed by atoms with Crippen molar-refractivity contribution in [2.24, 2.45) is 0 Å². The first-order valence-electron chi connectivity index (χ1n) is 7.48. The predicted octanol–water partition coefficient (Wildman–Crippen LogP) is 3.56. The van der Waals surface area contributed by atoms with Gasteiger partial charge in [-0.25, -0.2) is 4.79 Å². The van der Waals surface area contributed by atoms with E-state index in [2.05, 4.69) is 20.7 Å². The Labute approximate surface area is 146 Å². The summed E-state index contributed by atoms with van der Waals surface area (Å²) in [4.78, 5) is 13.7. The maximum Gasteiger partial charge on any atom is 0.439 e. The van der Waals surface area contributed by atoms with E-state index in [-0.39, 0.29) is 0 Å². The number of hydrogen-bond acceptors (Lipinski definition) is 4. The van der Waals surface area contributed by atoms with Crippen molar-refractivity contribution < 1.29 is 4.52 Å². The van der Waals surface area contributed by atoms with Crippen LogP contribution in [0.15, 0.2) is 58.0 Å². The van der Waals surface area contributed by atoms with Crippen molar-refractivity contribution >= 4 is 22.5 Å². The third-order valence-electron chi connectivity index (χ3n) is 3.96. The minimum absolute atomic E-state index is 0.348. The topological polar surface area (TPSA) is 87.6 Å². The molecule has 0 fully saturated rings. The van der Waals surface area contributed by atoms with Gasteiger partial charge in [0.2, 0.25) is 0 Å². The summed E-state index contributed by atoms with van der Waals surface area (Å²) in [5.41, 5.74) is 3.16. The second-order valence-electron chi connectivity index (χ2n) is 5.59. The van der Waals surface area contributed by atoms with E-state index in [1.165, 1.54) is 0 Å². The zero-order valence-electron chi connectivity index (χ0n) is 12.9. The molecule has 2 aromatic heterocycles. The predicted molar refractivity (Wildman–Crippen MR) is 93.3 cm³/mol. The highest BCUT2D eigenvalue weighted by Crippen LogP contribution is 2.27. The molecule has 25 heavy (non-hydrogen) atoms. The summed E-state index contributed by atoms with van der Waals surface area (Å²) < 4.78 is 6.53. The monoisotopic (exact) mass is 350 g/mol. The van der Waals surface area contributed by atoms with Crippen molar-refractivity contribution in [2.45, 2.75) is 6.54 Å². The molecule has 0 radical (unpaired) electrons. The zero-order valence-corrected chi connectivity index (χ0v) is 13.6. The minimum atomic E-state index is -0.609. The molecule has 1 N–H and O–H groups in total. The van der Waals surface area contributed by atoms with Gasteiger partial charge in [0.25, 0.3) is 0 Å². The molecular formula is C18H11ClN4O2. The number of benzene rings is 2. The molecule has 2 heterocycles. The van der Waals surface area contributed by atoms with Gasteiger partial charge in [-0.2, -0.15) is 5.26 Å². The molecule has 6 nitrogen and oxygen atoms in total. The lowest BCUT2D eigenvalue weighted by Crippen LogP contribution is -1.98. The quantitative estimate of drug-likeness (QED) is 0.612. The molecule has 122 valence electrons. The molecule has 0 aliphatic carbocycles. The summed E-state index contributed by atoms with van der Waals surface area (Å²) in [5, 5.41) is 14.6. The van der Waals surface area contributed by atoms with Crippen LogP contribution in [0.5, 0.6) is 0 Å². The van der Waals surface area contributed by atoms with Crippen LogP contribution in [0.1, 0.15) is 11.1 Å². The first-order chi connectivity index (χ1) is 12.1. The third kappa shape index (κ3) is 2.82. The Morgan fingerprint density at radius 2 is 2.16 bits per heavy atom. The van der Waals surface area contributed by atoms with Gasteiger partial charge in [0.05, 0.1) is 11.1 Å². The van der Waals surface area contributed by atoms with Crippen LogP contribution in [0.2, 0.25) is 5.02 Å². The molecule has 0 atom stereocenters. The van der Waals surface area contributed by atoms with Crippen LogP contribution in [0.25, 0.3) is 22.3 Å². The van der Waals surface area contributed by atoms with E-state index in [1.54, 1.807) is 12.3 Å². The van der Waals surface area contributed by atoms with Gasteiger partial charge in [0.15, 0.2) is 5.82 Å². The highest BCUT2D eigenvalue weighted by Gasteiger charge is 2.12. The lowest BCUT2D eigenvalue weighted by molar-refractivity contribution is 0.388. The highest BCUT2D eigenvalue weighted by atomic mass is 35.5. The van der Waals surface area contributed by atoms with Gasteiger partial charge < -0.3 is 4.57 Å². The Bertz CT molecular complexity index is 1180. The van der Waals surface area contributed by atoms with Crippen LogP contribution in [0.3, 0.4) is 0 Å². The molecule has 0 saturated heterocycles. The molecule has 0 amide bonds. The van der Waals surface area contributed by atoms with Crippen LogP contribution in [-0.2, 0) is 6.54 Å². The van der Waals surface area contributed by atoms with Crippen molar-refractivity contribution in [1.82, 2.24) is 14.7 Å². The molecule has 0 spiro atoms. The number of hydrogen-bond donors (Lipinski definition) is 1. The maximum absolute atomic E-state index is 11.2. The van der Waals surface area contributed by atoms with Crippen LogP contribution < -0.4 is 5.76 Å². The zero-order chi connectivity index (χ0) is 17.4. The van der Waals surface area contributed by atoms with Crippen LogP contribution in [0.4, 0.5) is 0 Å². The molecule has 4 aromatic rings. The molecule has 7 heteroatoms. The van der Waals surface area contributed by atoms with E-state index in [0.29, 0.717) is 28.5 Å². The number of fused-ring (bicyclic) bond motifs is 1. The Morgan fingerprint density at radius 1 is 1.28 bits per heavy atom. The number of nitrogens with zero attached hydrogens (tertiary/aromatic N) is 3. The lowest BCUT2D eigenvalue weighted by Gasteiger charge is -2.07. The lowest BCUT2D eigenvalue weighted by atomic mass is 10.1. The number of nitriles is 1. The van der Waals surface area contributed by atoms with Gasteiger partial charge in [0.1, 0.15) is 6.07 Å². The minimum Gasteiger partial charge on any atom is -0.342 e. The summed E-state index contributed by atoms with van der Waals surface area (Å²) in [6, 6.07) is 15.3. The summed E-state index contributed by atoms with van der Waals surface area (Å²) in [7, 11) is 0.